The number of urea groups is 1. The Morgan fingerprint density at radius 1 is 1.12 bits per heavy atom. The maximum Gasteiger partial charge on any atom is 0.321 e. The maximum absolute atomic E-state index is 12.9. The number of amides is 3. The van der Waals surface area contributed by atoms with Crippen molar-refractivity contribution in [3.63, 3.8) is 0 Å². The predicted octanol–water partition coefficient (Wildman–Crippen LogP) is 2.65. The van der Waals surface area contributed by atoms with Crippen molar-refractivity contribution in [1.82, 2.24) is 20.5 Å². The summed E-state index contributed by atoms with van der Waals surface area (Å²) >= 11 is 0. The SMILES string of the molecule is CC(C(=O)NC(=O)NC12CC3CC(CC(C3)C1)C2)N1CCCN(c2ncccc2C#N)CC1. The van der Waals surface area contributed by atoms with Gasteiger partial charge >= 0.3 is 6.03 Å². The summed E-state index contributed by atoms with van der Waals surface area (Å²) in [5.41, 5.74) is 0.463. The molecular formula is C25H34N6O2. The molecule has 4 aliphatic carbocycles. The zero-order chi connectivity index (χ0) is 23.0. The molecule has 8 heteroatoms. The fourth-order valence-corrected chi connectivity index (χ4v) is 7.19. The van der Waals surface area contributed by atoms with Crippen LogP contribution in [0.5, 0.6) is 0 Å². The summed E-state index contributed by atoms with van der Waals surface area (Å²) in [6, 6.07) is 5.03. The Hall–Kier alpha value is -2.66. The zero-order valence-electron chi connectivity index (χ0n) is 19.4. The number of aromatic nitrogens is 1. The van der Waals surface area contributed by atoms with E-state index < -0.39 is 6.04 Å². The van der Waals surface area contributed by atoms with Gasteiger partial charge in [-0.15, -0.1) is 0 Å². The van der Waals surface area contributed by atoms with Crippen LogP contribution in [0, 0.1) is 29.1 Å². The molecule has 33 heavy (non-hydrogen) atoms. The van der Waals surface area contributed by atoms with Crippen LogP contribution < -0.4 is 15.5 Å². The van der Waals surface area contributed by atoms with Gasteiger partial charge in [-0.05, 0) is 81.8 Å². The van der Waals surface area contributed by atoms with Crippen molar-refractivity contribution in [2.45, 2.75) is 63.5 Å². The molecule has 2 heterocycles. The van der Waals surface area contributed by atoms with Crippen molar-refractivity contribution in [3.05, 3.63) is 23.9 Å². The second-order valence-electron chi connectivity index (χ2n) is 10.7. The molecule has 1 aromatic rings. The van der Waals surface area contributed by atoms with E-state index >= 15 is 0 Å². The number of nitrogens with zero attached hydrogens (tertiary/aromatic N) is 4. The minimum Gasteiger partial charge on any atom is -0.354 e. The Labute approximate surface area is 195 Å². The predicted molar refractivity (Wildman–Crippen MR) is 124 cm³/mol. The smallest absolute Gasteiger partial charge is 0.321 e. The van der Waals surface area contributed by atoms with E-state index in [2.05, 4.69) is 31.5 Å². The molecule has 1 atom stereocenters. The fraction of sp³-hybridized carbons (Fsp3) is 0.680. The summed E-state index contributed by atoms with van der Waals surface area (Å²) in [4.78, 5) is 34.3. The highest BCUT2D eigenvalue weighted by atomic mass is 16.2. The number of nitrogens with one attached hydrogen (secondary N) is 2. The summed E-state index contributed by atoms with van der Waals surface area (Å²) in [5, 5.41) is 15.3. The number of hydrogen-bond donors (Lipinski definition) is 2. The summed E-state index contributed by atoms with van der Waals surface area (Å²) in [7, 11) is 0. The number of rotatable bonds is 4. The normalized spacial score (nSPS) is 32.0. The molecule has 0 spiro atoms. The highest BCUT2D eigenvalue weighted by molar-refractivity contribution is 5.97. The largest absolute Gasteiger partial charge is 0.354 e. The van der Waals surface area contributed by atoms with Gasteiger partial charge in [-0.25, -0.2) is 9.78 Å². The summed E-state index contributed by atoms with van der Waals surface area (Å²) < 4.78 is 0. The van der Waals surface area contributed by atoms with Crippen LogP contribution in [0.15, 0.2) is 18.3 Å². The van der Waals surface area contributed by atoms with Gasteiger partial charge in [0.1, 0.15) is 11.9 Å². The lowest BCUT2D eigenvalue weighted by Crippen LogP contribution is -2.62. The van der Waals surface area contributed by atoms with Crippen LogP contribution in [-0.4, -0.2) is 59.6 Å². The minimum atomic E-state index is -0.397. The van der Waals surface area contributed by atoms with E-state index in [1.807, 2.05) is 6.92 Å². The Bertz CT molecular complexity index is 921. The first-order valence-electron chi connectivity index (χ1n) is 12.4. The van der Waals surface area contributed by atoms with Crippen LogP contribution in [0.2, 0.25) is 0 Å². The van der Waals surface area contributed by atoms with Crippen LogP contribution in [0.4, 0.5) is 10.6 Å². The van der Waals surface area contributed by atoms with Crippen molar-refractivity contribution >= 4 is 17.8 Å². The van der Waals surface area contributed by atoms with Crippen LogP contribution >= 0.6 is 0 Å². The molecular weight excluding hydrogens is 416 g/mol. The number of carbonyl (C=O) groups is 2. The number of hydrogen-bond acceptors (Lipinski definition) is 6. The Morgan fingerprint density at radius 2 is 1.82 bits per heavy atom. The molecule has 1 unspecified atom stereocenters. The third-order valence-corrected chi connectivity index (χ3v) is 8.32. The highest BCUT2D eigenvalue weighted by Gasteiger charge is 2.51. The first-order valence-corrected chi connectivity index (χ1v) is 12.4. The molecule has 8 nitrogen and oxygen atoms in total. The molecule has 3 amide bonds. The van der Waals surface area contributed by atoms with Gasteiger partial charge in [-0.1, -0.05) is 0 Å². The molecule has 2 N–H and O–H groups in total. The third-order valence-electron chi connectivity index (χ3n) is 8.32. The van der Waals surface area contributed by atoms with Gasteiger partial charge in [0.05, 0.1) is 11.6 Å². The van der Waals surface area contributed by atoms with E-state index in [9.17, 15) is 14.9 Å². The molecule has 0 aromatic carbocycles. The number of anilines is 1. The average molecular weight is 451 g/mol. The average Bonchev–Trinajstić information content (AvgIpc) is 3.03. The topological polar surface area (TPSA) is 101 Å². The van der Waals surface area contributed by atoms with Crippen molar-refractivity contribution in [1.29, 1.82) is 5.26 Å². The monoisotopic (exact) mass is 450 g/mol. The quantitative estimate of drug-likeness (QED) is 0.731. The second kappa shape index (κ2) is 8.94. The fourth-order valence-electron chi connectivity index (χ4n) is 7.19. The van der Waals surface area contributed by atoms with Crippen molar-refractivity contribution in [2.24, 2.45) is 17.8 Å². The third kappa shape index (κ3) is 4.56. The molecule has 4 bridgehead atoms. The lowest BCUT2D eigenvalue weighted by atomic mass is 9.53. The standard InChI is InChI=1S/C25H34N6O2/c1-17(30-6-3-7-31(9-8-30)22-21(16-26)4-2-5-27-22)23(32)28-24(33)29-25-13-18-10-19(14-25)12-20(11-18)15-25/h2,4-5,17-20H,3,6-15H2,1H3,(H2,28,29,32,33). The number of pyridine rings is 1. The molecule has 6 rings (SSSR count). The Kier molecular flexibility index (Phi) is 6.00. The van der Waals surface area contributed by atoms with Crippen molar-refractivity contribution in [2.75, 3.05) is 31.1 Å². The summed E-state index contributed by atoms with van der Waals surface area (Å²) in [5.74, 6) is 2.68. The molecule has 176 valence electrons. The molecule has 5 fully saturated rings. The van der Waals surface area contributed by atoms with Gasteiger partial charge in [0.25, 0.3) is 0 Å². The van der Waals surface area contributed by atoms with E-state index in [1.165, 1.54) is 19.3 Å². The Morgan fingerprint density at radius 3 is 2.48 bits per heavy atom. The molecule has 1 aliphatic heterocycles. The van der Waals surface area contributed by atoms with E-state index in [4.69, 9.17) is 0 Å². The minimum absolute atomic E-state index is 0.105. The van der Waals surface area contributed by atoms with Gasteiger partial charge in [0.2, 0.25) is 5.91 Å². The van der Waals surface area contributed by atoms with Crippen molar-refractivity contribution in [3.8, 4) is 6.07 Å². The lowest BCUT2D eigenvalue weighted by Gasteiger charge is -2.56. The first-order chi connectivity index (χ1) is 15.9. The molecule has 4 saturated carbocycles. The van der Waals surface area contributed by atoms with Crippen LogP contribution in [0.25, 0.3) is 0 Å². The second-order valence-corrected chi connectivity index (χ2v) is 10.7. The molecule has 1 aromatic heterocycles. The summed E-state index contributed by atoms with van der Waals surface area (Å²) in [6.07, 6.45) is 9.72. The Balaban J connectivity index is 1.15. The van der Waals surface area contributed by atoms with Crippen LogP contribution in [0.3, 0.4) is 0 Å². The molecule has 0 radical (unpaired) electrons. The first kappa shape index (κ1) is 22.1. The summed E-state index contributed by atoms with van der Waals surface area (Å²) in [6.45, 7) is 4.76. The molecule has 5 aliphatic rings. The van der Waals surface area contributed by atoms with Gasteiger partial charge in [0, 0.05) is 37.9 Å². The van der Waals surface area contributed by atoms with Gasteiger partial charge in [0.15, 0.2) is 0 Å². The van der Waals surface area contributed by atoms with Crippen molar-refractivity contribution < 1.29 is 9.59 Å². The maximum atomic E-state index is 12.9. The highest BCUT2D eigenvalue weighted by Crippen LogP contribution is 2.55. The van der Waals surface area contributed by atoms with Gasteiger partial charge < -0.3 is 10.2 Å². The van der Waals surface area contributed by atoms with E-state index in [0.29, 0.717) is 24.5 Å². The van der Waals surface area contributed by atoms with Crippen LogP contribution in [-0.2, 0) is 4.79 Å². The zero-order valence-corrected chi connectivity index (χ0v) is 19.4. The van der Waals surface area contributed by atoms with Gasteiger partial charge in [-0.2, -0.15) is 5.26 Å². The van der Waals surface area contributed by atoms with Crippen LogP contribution in [0.1, 0.15) is 57.4 Å². The van der Waals surface area contributed by atoms with E-state index in [1.54, 1.807) is 18.3 Å². The number of nitriles is 1. The molecule has 1 saturated heterocycles. The lowest BCUT2D eigenvalue weighted by molar-refractivity contribution is -0.124. The van der Waals surface area contributed by atoms with Gasteiger partial charge in [-0.3, -0.25) is 15.0 Å². The number of imide groups is 1. The van der Waals surface area contributed by atoms with E-state index in [0.717, 1.165) is 56.5 Å². The van der Waals surface area contributed by atoms with E-state index in [-0.39, 0.29) is 17.5 Å². The number of carbonyl (C=O) groups excluding carboxylic acids is 2.